The number of alkyl halides is 1. The van der Waals surface area contributed by atoms with Crippen molar-refractivity contribution in [3.8, 4) is 0 Å². The van der Waals surface area contributed by atoms with Crippen molar-refractivity contribution in [3.63, 3.8) is 0 Å². The van der Waals surface area contributed by atoms with Gasteiger partial charge in [0.1, 0.15) is 0 Å². The van der Waals surface area contributed by atoms with Gasteiger partial charge < -0.3 is 0 Å². The van der Waals surface area contributed by atoms with Crippen molar-refractivity contribution in [1.82, 2.24) is 0 Å². The normalized spacial score (nSPS) is 10.6. The van der Waals surface area contributed by atoms with Crippen LogP contribution < -0.4 is 0 Å². The summed E-state index contributed by atoms with van der Waals surface area (Å²) in [6.45, 7) is 0. The van der Waals surface area contributed by atoms with Crippen LogP contribution in [0.2, 0.25) is 5.02 Å². The van der Waals surface area contributed by atoms with E-state index in [9.17, 15) is 4.79 Å². The Balaban J connectivity index is 2.80. The summed E-state index contributed by atoms with van der Waals surface area (Å²) < 4.78 is 0. The first-order valence-corrected chi connectivity index (χ1v) is 4.66. The lowest BCUT2D eigenvalue weighted by Gasteiger charge is -1.95. The van der Waals surface area contributed by atoms with Gasteiger partial charge in [-0.05, 0) is 23.8 Å². The van der Waals surface area contributed by atoms with Crippen molar-refractivity contribution < 1.29 is 4.79 Å². The molecule has 0 heterocycles. The molecule has 1 aromatic rings. The van der Waals surface area contributed by atoms with Crippen LogP contribution in [0, 0.1) is 0 Å². The van der Waals surface area contributed by atoms with E-state index in [1.807, 2.05) is 18.2 Å². The van der Waals surface area contributed by atoms with E-state index in [1.165, 1.54) is 6.08 Å². The lowest BCUT2D eigenvalue weighted by Crippen LogP contribution is -1.91. The zero-order valence-corrected chi connectivity index (χ0v) is 8.35. The number of halogens is 2. The van der Waals surface area contributed by atoms with Gasteiger partial charge in [0.2, 0.25) is 0 Å². The van der Waals surface area contributed by atoms with Gasteiger partial charge in [-0.2, -0.15) is 0 Å². The predicted molar refractivity (Wildman–Crippen MR) is 56.2 cm³/mol. The molecule has 68 valence electrons. The number of benzene rings is 1. The molecule has 0 aliphatic carbocycles. The van der Waals surface area contributed by atoms with Crippen molar-refractivity contribution in [2.45, 2.75) is 0 Å². The SMILES string of the molecule is O=C(/C=C/c1ccccc1Cl)CCl. The largest absolute Gasteiger partial charge is 0.294 e. The Hall–Kier alpha value is -0.790. The lowest BCUT2D eigenvalue weighted by atomic mass is 10.2. The summed E-state index contributed by atoms with van der Waals surface area (Å²) in [7, 11) is 0. The van der Waals surface area contributed by atoms with Gasteiger partial charge in [0.05, 0.1) is 5.88 Å². The van der Waals surface area contributed by atoms with E-state index in [4.69, 9.17) is 23.2 Å². The monoisotopic (exact) mass is 214 g/mol. The number of carbonyl (C=O) groups is 1. The minimum absolute atomic E-state index is 0.000945. The van der Waals surface area contributed by atoms with E-state index >= 15 is 0 Å². The fraction of sp³-hybridized carbons (Fsp3) is 0.100. The molecule has 0 atom stereocenters. The number of ketones is 1. The zero-order valence-electron chi connectivity index (χ0n) is 6.84. The topological polar surface area (TPSA) is 17.1 Å². The molecule has 0 N–H and O–H groups in total. The number of hydrogen-bond acceptors (Lipinski definition) is 1. The Morgan fingerprint density at radius 2 is 2.08 bits per heavy atom. The zero-order chi connectivity index (χ0) is 9.68. The average molecular weight is 215 g/mol. The third-order valence-electron chi connectivity index (χ3n) is 1.49. The summed E-state index contributed by atoms with van der Waals surface area (Å²) in [5.41, 5.74) is 0.822. The molecule has 0 aromatic heterocycles. The minimum Gasteiger partial charge on any atom is -0.294 e. The van der Waals surface area contributed by atoms with Crippen molar-refractivity contribution in [2.75, 3.05) is 5.88 Å². The molecule has 0 saturated heterocycles. The summed E-state index contributed by atoms with van der Waals surface area (Å²) >= 11 is 11.2. The third-order valence-corrected chi connectivity index (χ3v) is 2.09. The minimum atomic E-state index is -0.124. The van der Waals surface area contributed by atoms with Gasteiger partial charge >= 0.3 is 0 Å². The molecule has 1 rings (SSSR count). The van der Waals surface area contributed by atoms with E-state index in [0.717, 1.165) is 5.56 Å². The maximum atomic E-state index is 10.8. The van der Waals surface area contributed by atoms with Crippen LogP contribution in [-0.4, -0.2) is 11.7 Å². The van der Waals surface area contributed by atoms with E-state index in [0.29, 0.717) is 5.02 Å². The van der Waals surface area contributed by atoms with Crippen molar-refractivity contribution in [3.05, 3.63) is 40.9 Å². The Labute approximate surface area is 87.0 Å². The van der Waals surface area contributed by atoms with Crippen LogP contribution in [0.4, 0.5) is 0 Å². The van der Waals surface area contributed by atoms with Gasteiger partial charge in [0, 0.05) is 5.02 Å². The summed E-state index contributed by atoms with van der Waals surface area (Å²) in [6, 6.07) is 7.30. The molecule has 0 amide bonds. The fourth-order valence-electron chi connectivity index (χ4n) is 0.838. The summed E-state index contributed by atoms with van der Waals surface area (Å²) in [4.78, 5) is 10.8. The first-order valence-electron chi connectivity index (χ1n) is 3.75. The van der Waals surface area contributed by atoms with E-state index in [-0.39, 0.29) is 11.7 Å². The highest BCUT2D eigenvalue weighted by atomic mass is 35.5. The highest BCUT2D eigenvalue weighted by Gasteiger charge is 1.95. The van der Waals surface area contributed by atoms with E-state index in [1.54, 1.807) is 12.1 Å². The number of allylic oxidation sites excluding steroid dienone is 1. The molecule has 0 spiro atoms. The summed E-state index contributed by atoms with van der Waals surface area (Å²) in [5.74, 6) is -0.123. The fourth-order valence-corrected chi connectivity index (χ4v) is 1.13. The first kappa shape index (κ1) is 10.3. The molecule has 1 nitrogen and oxygen atoms in total. The Morgan fingerprint density at radius 3 is 2.69 bits per heavy atom. The number of rotatable bonds is 3. The second-order valence-electron chi connectivity index (χ2n) is 2.45. The molecule has 0 bridgehead atoms. The van der Waals surface area contributed by atoms with Crippen LogP contribution in [0.5, 0.6) is 0 Å². The van der Waals surface area contributed by atoms with E-state index < -0.39 is 0 Å². The van der Waals surface area contributed by atoms with Crippen LogP contribution in [0.15, 0.2) is 30.3 Å². The smallest absolute Gasteiger partial charge is 0.170 e. The Morgan fingerprint density at radius 1 is 1.38 bits per heavy atom. The quantitative estimate of drug-likeness (QED) is 0.559. The maximum absolute atomic E-state index is 10.8. The average Bonchev–Trinajstić information content (AvgIpc) is 2.16. The van der Waals surface area contributed by atoms with Gasteiger partial charge in [0.25, 0.3) is 0 Å². The highest BCUT2D eigenvalue weighted by Crippen LogP contribution is 2.16. The molecule has 13 heavy (non-hydrogen) atoms. The predicted octanol–water partition coefficient (Wildman–Crippen LogP) is 3.16. The molecule has 0 radical (unpaired) electrons. The van der Waals surface area contributed by atoms with Gasteiger partial charge in [-0.3, -0.25) is 4.79 Å². The molecule has 0 aliphatic heterocycles. The van der Waals surface area contributed by atoms with Gasteiger partial charge in [-0.15, -0.1) is 11.6 Å². The third kappa shape index (κ3) is 3.21. The standard InChI is InChI=1S/C10H8Cl2O/c11-7-9(13)6-5-8-3-1-2-4-10(8)12/h1-6H,7H2/b6-5+. The van der Waals surface area contributed by atoms with Crippen LogP contribution in [0.25, 0.3) is 6.08 Å². The van der Waals surface area contributed by atoms with Gasteiger partial charge in [0.15, 0.2) is 5.78 Å². The summed E-state index contributed by atoms with van der Waals surface area (Å²) in [6.07, 6.45) is 3.08. The van der Waals surface area contributed by atoms with Crippen LogP contribution >= 0.6 is 23.2 Å². The Kier molecular flexibility index (Phi) is 4.00. The molecule has 1 aromatic carbocycles. The molecule has 0 aliphatic rings. The molecule has 0 fully saturated rings. The van der Waals surface area contributed by atoms with Gasteiger partial charge in [-0.25, -0.2) is 0 Å². The highest BCUT2D eigenvalue weighted by molar-refractivity contribution is 6.32. The van der Waals surface area contributed by atoms with Crippen LogP contribution in [0.3, 0.4) is 0 Å². The Bertz CT molecular complexity index is 331. The van der Waals surface area contributed by atoms with Crippen molar-refractivity contribution in [2.24, 2.45) is 0 Å². The second-order valence-corrected chi connectivity index (χ2v) is 3.13. The first-order chi connectivity index (χ1) is 6.24. The van der Waals surface area contributed by atoms with E-state index in [2.05, 4.69) is 0 Å². The second kappa shape index (κ2) is 5.05. The number of hydrogen-bond donors (Lipinski definition) is 0. The molecule has 0 saturated carbocycles. The van der Waals surface area contributed by atoms with Crippen molar-refractivity contribution >= 4 is 35.1 Å². The number of carbonyl (C=O) groups excluding carboxylic acids is 1. The van der Waals surface area contributed by atoms with Crippen LogP contribution in [-0.2, 0) is 4.79 Å². The molecule has 3 heteroatoms. The molecule has 0 unspecified atom stereocenters. The maximum Gasteiger partial charge on any atom is 0.170 e. The summed E-state index contributed by atoms with van der Waals surface area (Å²) in [5, 5.41) is 0.626. The van der Waals surface area contributed by atoms with Crippen LogP contribution in [0.1, 0.15) is 5.56 Å². The lowest BCUT2D eigenvalue weighted by molar-refractivity contribution is -0.112. The van der Waals surface area contributed by atoms with Gasteiger partial charge in [-0.1, -0.05) is 29.8 Å². The molecular weight excluding hydrogens is 207 g/mol. The molecular formula is C10H8Cl2O. The van der Waals surface area contributed by atoms with Crippen molar-refractivity contribution in [1.29, 1.82) is 0 Å².